The van der Waals surface area contributed by atoms with Gasteiger partial charge in [-0.25, -0.2) is 0 Å². The number of halogens is 1. The number of carbonyl (C=O) groups excluding carboxylic acids is 1. The monoisotopic (exact) mass is 388 g/mol. The van der Waals surface area contributed by atoms with Gasteiger partial charge in [-0.3, -0.25) is 4.79 Å². The van der Waals surface area contributed by atoms with E-state index in [-0.39, 0.29) is 5.91 Å². The SMILES string of the molecule is C=CCn1c(=NC(=O)CCSc2ccccc2)sc2cccc(Cl)c21. The first-order valence-electron chi connectivity index (χ1n) is 7.83. The van der Waals surface area contributed by atoms with Gasteiger partial charge in [0.2, 0.25) is 5.91 Å². The summed E-state index contributed by atoms with van der Waals surface area (Å²) in [5.74, 6) is 0.586. The number of hydrogen-bond acceptors (Lipinski definition) is 3. The molecule has 3 rings (SSSR count). The molecule has 0 bridgehead atoms. The number of carbonyl (C=O) groups is 1. The van der Waals surface area contributed by atoms with Gasteiger partial charge < -0.3 is 4.57 Å². The fourth-order valence-electron chi connectivity index (χ4n) is 2.41. The van der Waals surface area contributed by atoms with Crippen molar-refractivity contribution in [3.8, 4) is 0 Å². The fraction of sp³-hybridized carbons (Fsp3) is 0.158. The fourth-order valence-corrected chi connectivity index (χ4v) is 4.68. The Morgan fingerprint density at radius 1 is 1.24 bits per heavy atom. The molecule has 3 nitrogen and oxygen atoms in total. The van der Waals surface area contributed by atoms with Gasteiger partial charge >= 0.3 is 0 Å². The molecule has 0 unspecified atom stereocenters. The molecule has 0 aliphatic carbocycles. The third-order valence-corrected chi connectivity index (χ3v) is 5.87. The molecule has 1 aromatic heterocycles. The Labute approximate surface area is 159 Å². The van der Waals surface area contributed by atoms with E-state index in [1.54, 1.807) is 17.8 Å². The number of hydrogen-bond donors (Lipinski definition) is 0. The van der Waals surface area contributed by atoms with Gasteiger partial charge in [0, 0.05) is 23.6 Å². The van der Waals surface area contributed by atoms with Crippen LogP contribution in [0.1, 0.15) is 6.42 Å². The number of rotatable bonds is 6. The average Bonchev–Trinajstić information content (AvgIpc) is 2.95. The van der Waals surface area contributed by atoms with Crippen molar-refractivity contribution < 1.29 is 4.79 Å². The Kier molecular flexibility index (Phi) is 6.13. The molecule has 0 spiro atoms. The number of amides is 1. The summed E-state index contributed by atoms with van der Waals surface area (Å²) in [6.07, 6.45) is 2.18. The number of nitrogens with zero attached hydrogens (tertiary/aromatic N) is 2. The predicted octanol–water partition coefficient (Wildman–Crippen LogP) is 5.15. The maximum absolute atomic E-state index is 12.3. The summed E-state index contributed by atoms with van der Waals surface area (Å²) in [5.41, 5.74) is 0.902. The quantitative estimate of drug-likeness (QED) is 0.432. The van der Waals surface area contributed by atoms with Crippen molar-refractivity contribution in [3.05, 3.63) is 71.0 Å². The molecule has 1 heterocycles. The lowest BCUT2D eigenvalue weighted by molar-refractivity contribution is -0.117. The second kappa shape index (κ2) is 8.52. The zero-order chi connectivity index (χ0) is 17.6. The van der Waals surface area contributed by atoms with E-state index in [1.807, 2.05) is 53.1 Å². The lowest BCUT2D eigenvalue weighted by Gasteiger charge is -2.02. The summed E-state index contributed by atoms with van der Waals surface area (Å²) in [4.78, 5) is 18.4. The maximum Gasteiger partial charge on any atom is 0.249 e. The van der Waals surface area contributed by atoms with Crippen LogP contribution in [-0.2, 0) is 11.3 Å². The van der Waals surface area contributed by atoms with Gasteiger partial charge in [0.1, 0.15) is 0 Å². The molecular weight excluding hydrogens is 372 g/mol. The number of allylic oxidation sites excluding steroid dienone is 1. The van der Waals surface area contributed by atoms with Gasteiger partial charge in [0.05, 0.1) is 15.2 Å². The highest BCUT2D eigenvalue weighted by molar-refractivity contribution is 7.99. The minimum absolute atomic E-state index is 0.121. The molecule has 128 valence electrons. The second-order valence-electron chi connectivity index (χ2n) is 5.29. The highest BCUT2D eigenvalue weighted by atomic mass is 35.5. The molecule has 3 aromatic rings. The van der Waals surface area contributed by atoms with Crippen molar-refractivity contribution in [3.63, 3.8) is 0 Å². The normalized spacial score (nSPS) is 11.8. The lowest BCUT2D eigenvalue weighted by atomic mass is 10.3. The number of thiazole rings is 1. The van der Waals surface area contributed by atoms with Crippen molar-refractivity contribution in [1.29, 1.82) is 0 Å². The van der Waals surface area contributed by atoms with Crippen LogP contribution in [0.3, 0.4) is 0 Å². The number of fused-ring (bicyclic) bond motifs is 1. The van der Waals surface area contributed by atoms with E-state index in [0.717, 1.165) is 15.1 Å². The minimum atomic E-state index is -0.121. The van der Waals surface area contributed by atoms with E-state index in [0.29, 0.717) is 28.5 Å². The van der Waals surface area contributed by atoms with Crippen LogP contribution in [0.4, 0.5) is 0 Å². The van der Waals surface area contributed by atoms with Crippen molar-refractivity contribution in [2.24, 2.45) is 4.99 Å². The Morgan fingerprint density at radius 2 is 2.04 bits per heavy atom. The van der Waals surface area contributed by atoms with Crippen LogP contribution in [0.2, 0.25) is 5.02 Å². The molecule has 0 saturated carbocycles. The Morgan fingerprint density at radius 3 is 2.80 bits per heavy atom. The standard InChI is InChI=1S/C19H17ClN2OS2/c1-2-12-22-18-15(20)9-6-10-16(18)25-19(22)21-17(23)11-13-24-14-7-4-3-5-8-14/h2-10H,1,11-13H2. The summed E-state index contributed by atoms with van der Waals surface area (Å²) in [6.45, 7) is 4.35. The highest BCUT2D eigenvalue weighted by Crippen LogP contribution is 2.25. The van der Waals surface area contributed by atoms with Crippen LogP contribution in [0.15, 0.2) is 71.1 Å². The summed E-state index contributed by atoms with van der Waals surface area (Å²) < 4.78 is 2.96. The largest absolute Gasteiger partial charge is 0.311 e. The summed E-state index contributed by atoms with van der Waals surface area (Å²) in [7, 11) is 0. The third-order valence-electron chi connectivity index (χ3n) is 3.51. The van der Waals surface area contributed by atoms with Gasteiger partial charge in [-0.1, -0.05) is 53.3 Å². The van der Waals surface area contributed by atoms with Gasteiger partial charge in [-0.05, 0) is 24.3 Å². The van der Waals surface area contributed by atoms with Crippen LogP contribution in [0, 0.1) is 0 Å². The van der Waals surface area contributed by atoms with Crippen LogP contribution in [-0.4, -0.2) is 16.2 Å². The highest BCUT2D eigenvalue weighted by Gasteiger charge is 2.10. The van der Waals surface area contributed by atoms with Crippen molar-refractivity contribution >= 4 is 50.8 Å². The summed E-state index contributed by atoms with van der Waals surface area (Å²) in [6, 6.07) is 15.8. The zero-order valence-electron chi connectivity index (χ0n) is 13.5. The molecule has 1 amide bonds. The van der Waals surface area contributed by atoms with Gasteiger partial charge in [0.25, 0.3) is 0 Å². The van der Waals surface area contributed by atoms with Crippen molar-refractivity contribution in [1.82, 2.24) is 4.57 Å². The molecule has 0 aliphatic rings. The van der Waals surface area contributed by atoms with E-state index in [2.05, 4.69) is 11.6 Å². The van der Waals surface area contributed by atoms with Crippen LogP contribution in [0.5, 0.6) is 0 Å². The first-order valence-corrected chi connectivity index (χ1v) is 10.0. The lowest BCUT2D eigenvalue weighted by Crippen LogP contribution is -2.16. The van der Waals surface area contributed by atoms with E-state index in [4.69, 9.17) is 11.6 Å². The molecule has 25 heavy (non-hydrogen) atoms. The predicted molar refractivity (Wildman–Crippen MR) is 107 cm³/mol. The van der Waals surface area contributed by atoms with Crippen LogP contribution >= 0.6 is 34.7 Å². The molecule has 0 N–H and O–H groups in total. The summed E-state index contributed by atoms with van der Waals surface area (Å²) >= 11 is 9.45. The molecule has 2 aromatic carbocycles. The number of aromatic nitrogens is 1. The van der Waals surface area contributed by atoms with E-state index in [1.165, 1.54) is 11.3 Å². The number of para-hydroxylation sites is 1. The molecule has 6 heteroatoms. The molecule has 0 aliphatic heterocycles. The van der Waals surface area contributed by atoms with E-state index in [9.17, 15) is 4.79 Å². The molecular formula is C19H17ClN2OS2. The van der Waals surface area contributed by atoms with Gasteiger partial charge in [0.15, 0.2) is 4.80 Å². The first-order chi connectivity index (χ1) is 12.2. The molecule has 0 saturated heterocycles. The Hall–Kier alpha value is -1.82. The van der Waals surface area contributed by atoms with Crippen molar-refractivity contribution in [2.45, 2.75) is 17.9 Å². The van der Waals surface area contributed by atoms with Crippen LogP contribution < -0.4 is 4.80 Å². The molecule has 0 radical (unpaired) electrons. The van der Waals surface area contributed by atoms with Gasteiger partial charge in [-0.15, -0.1) is 18.3 Å². The Bertz CT molecular complexity index is 960. The third kappa shape index (κ3) is 4.42. The van der Waals surface area contributed by atoms with E-state index >= 15 is 0 Å². The topological polar surface area (TPSA) is 34.4 Å². The smallest absolute Gasteiger partial charge is 0.249 e. The zero-order valence-corrected chi connectivity index (χ0v) is 15.9. The van der Waals surface area contributed by atoms with Crippen molar-refractivity contribution in [2.75, 3.05) is 5.75 Å². The van der Waals surface area contributed by atoms with E-state index < -0.39 is 0 Å². The summed E-state index contributed by atoms with van der Waals surface area (Å²) in [5, 5.41) is 0.657. The van der Waals surface area contributed by atoms with Crippen LogP contribution in [0.25, 0.3) is 10.2 Å². The average molecular weight is 389 g/mol. The Balaban J connectivity index is 1.80. The minimum Gasteiger partial charge on any atom is -0.311 e. The maximum atomic E-state index is 12.3. The van der Waals surface area contributed by atoms with Gasteiger partial charge in [-0.2, -0.15) is 4.99 Å². The number of benzene rings is 2. The second-order valence-corrected chi connectivity index (χ2v) is 7.87. The number of thioether (sulfide) groups is 1. The molecule has 0 fully saturated rings. The molecule has 0 atom stereocenters. The first kappa shape index (κ1) is 18.0.